The van der Waals surface area contributed by atoms with Gasteiger partial charge in [-0.1, -0.05) is 91.7 Å². The second-order valence-corrected chi connectivity index (χ2v) is 15.1. The van der Waals surface area contributed by atoms with Crippen LogP contribution in [-0.4, -0.2) is 8.07 Å². The molecule has 0 saturated carbocycles. The van der Waals surface area contributed by atoms with Crippen molar-refractivity contribution in [3.63, 3.8) is 0 Å². The summed E-state index contributed by atoms with van der Waals surface area (Å²) in [5.41, 5.74) is 8.80. The largest absolute Gasteiger partial charge is 4.00 e. The molecule has 0 N–H and O–H groups in total. The van der Waals surface area contributed by atoms with Crippen LogP contribution in [0.1, 0.15) is 72.9 Å². The molecule has 0 bridgehead atoms. The zero-order valence-electron chi connectivity index (χ0n) is 22.4. The van der Waals surface area contributed by atoms with Gasteiger partial charge in [-0.2, -0.15) is 10.4 Å². The Bertz CT molecular complexity index is 1210. The molecule has 0 aliphatic rings. The summed E-state index contributed by atoms with van der Waals surface area (Å²) in [5, 5.41) is 9.35. The van der Waals surface area contributed by atoms with Crippen molar-refractivity contribution < 1.29 is 60.2 Å². The van der Waals surface area contributed by atoms with Crippen LogP contribution >= 0.6 is 0 Å². The first-order chi connectivity index (χ1) is 14.5. The number of benzene rings is 2. The first-order valence-corrected chi connectivity index (χ1v) is 14.9. The molecule has 0 saturated heterocycles. The van der Waals surface area contributed by atoms with Gasteiger partial charge in [0.2, 0.25) is 0 Å². The third kappa shape index (κ3) is 4.96. The van der Waals surface area contributed by atoms with Crippen molar-refractivity contribution in [2.24, 2.45) is 0 Å². The average molecular weight is 678 g/mol. The smallest absolute Gasteiger partial charge is 1.00 e. The van der Waals surface area contributed by atoms with Crippen LogP contribution in [0.2, 0.25) is 13.1 Å². The fourth-order valence-electron chi connectivity index (χ4n) is 6.08. The number of halogens is 2. The predicted molar refractivity (Wildman–Crippen MR) is 143 cm³/mol. The average Bonchev–Trinajstić information content (AvgIpc) is 3.20. The monoisotopic (exact) mass is 674 g/mol. The van der Waals surface area contributed by atoms with E-state index in [-0.39, 0.29) is 60.2 Å². The molecule has 4 aromatic carbocycles. The summed E-state index contributed by atoms with van der Waals surface area (Å²) in [6, 6.07) is 14.3. The minimum atomic E-state index is -1.97. The SMILES string of the molecule is Cc1[cH-]c2c(C)ccc(C(C)C)c2c1[Si](C)(C)c1c(C)[cH-]c2c(C)ccc(C(C)C)c12.[Br-].[Br-].[Zr+4]. The first kappa shape index (κ1) is 31.7. The molecule has 180 valence electrons. The number of hydrogen-bond donors (Lipinski definition) is 0. The zero-order chi connectivity index (χ0) is 22.8. The van der Waals surface area contributed by atoms with Gasteiger partial charge in [0.15, 0.2) is 0 Å². The predicted octanol–water partition coefficient (Wildman–Crippen LogP) is 1.74. The number of rotatable bonds is 4. The first-order valence-electron chi connectivity index (χ1n) is 11.9. The van der Waals surface area contributed by atoms with Crippen LogP contribution in [0.15, 0.2) is 36.4 Å². The second-order valence-electron chi connectivity index (χ2n) is 10.9. The molecule has 0 atom stereocenters. The van der Waals surface area contributed by atoms with E-state index in [2.05, 4.69) is 105 Å². The standard InChI is InChI=1S/C30H38Si.2BrH.Zr/c1-17(2)23-13-11-19(5)25-15-21(7)29(27(23)25)31(9,10)30-22(8)16-26-20(6)12-14-24(18(3)4)28(26)30;;;/h11-18H,1-10H3;2*1H;/q-2;;;+4/p-2. The molecule has 4 heteroatoms. The quantitative estimate of drug-likeness (QED) is 0.228. The molecule has 0 unspecified atom stereocenters. The fraction of sp³-hybridized carbons (Fsp3) is 0.400. The Hall–Kier alpha value is -0.280. The van der Waals surface area contributed by atoms with Crippen molar-refractivity contribution in [1.29, 1.82) is 0 Å². The summed E-state index contributed by atoms with van der Waals surface area (Å²) >= 11 is 0. The fourth-order valence-corrected chi connectivity index (χ4v) is 10.3. The van der Waals surface area contributed by atoms with Crippen molar-refractivity contribution >= 4 is 40.0 Å². The molecule has 0 nitrogen and oxygen atoms in total. The van der Waals surface area contributed by atoms with E-state index in [9.17, 15) is 0 Å². The molecule has 34 heavy (non-hydrogen) atoms. The number of fused-ring (bicyclic) bond motifs is 2. The van der Waals surface area contributed by atoms with Gasteiger partial charge in [0.25, 0.3) is 0 Å². The Kier molecular flexibility index (Phi) is 10.7. The summed E-state index contributed by atoms with van der Waals surface area (Å²) in [6.45, 7) is 23.8. The summed E-state index contributed by atoms with van der Waals surface area (Å²) in [5.74, 6) is 1.05. The normalized spacial score (nSPS) is 11.6. The molecule has 0 radical (unpaired) electrons. The van der Waals surface area contributed by atoms with Crippen LogP contribution in [0, 0.1) is 27.7 Å². The van der Waals surface area contributed by atoms with Gasteiger partial charge in [0.05, 0.1) is 0 Å². The van der Waals surface area contributed by atoms with Gasteiger partial charge in [-0.25, -0.2) is 0 Å². The molecule has 0 aliphatic carbocycles. The van der Waals surface area contributed by atoms with Crippen molar-refractivity contribution in [3.05, 3.63) is 69.8 Å². The van der Waals surface area contributed by atoms with Gasteiger partial charge < -0.3 is 34.0 Å². The van der Waals surface area contributed by atoms with Gasteiger partial charge in [-0.05, 0) is 11.8 Å². The van der Waals surface area contributed by atoms with E-state index in [1.807, 2.05) is 0 Å². The van der Waals surface area contributed by atoms with E-state index in [1.54, 1.807) is 21.1 Å². The maximum Gasteiger partial charge on any atom is 4.00 e. The van der Waals surface area contributed by atoms with Gasteiger partial charge >= 0.3 is 26.2 Å². The molecule has 0 spiro atoms. The van der Waals surface area contributed by atoms with Gasteiger partial charge in [0.1, 0.15) is 0 Å². The summed E-state index contributed by atoms with van der Waals surface area (Å²) in [6.07, 6.45) is 0. The van der Waals surface area contributed by atoms with E-state index in [0.717, 1.165) is 0 Å². The second kappa shape index (κ2) is 11.4. The van der Waals surface area contributed by atoms with Crippen LogP contribution in [0.4, 0.5) is 0 Å². The Morgan fingerprint density at radius 3 is 1.24 bits per heavy atom. The zero-order valence-corrected chi connectivity index (χ0v) is 29.0. The third-order valence-corrected chi connectivity index (χ3v) is 11.3. The number of hydrogen-bond acceptors (Lipinski definition) is 0. The third-order valence-electron chi connectivity index (χ3n) is 7.50. The molecule has 0 aliphatic heterocycles. The van der Waals surface area contributed by atoms with Crippen LogP contribution in [0.3, 0.4) is 0 Å². The van der Waals surface area contributed by atoms with Crippen LogP contribution < -0.4 is 44.3 Å². The van der Waals surface area contributed by atoms with Crippen LogP contribution in [0.5, 0.6) is 0 Å². The molecular formula is C30H38Br2SiZr. The minimum Gasteiger partial charge on any atom is -1.00 e. The van der Waals surface area contributed by atoms with Crippen LogP contribution in [0.25, 0.3) is 21.5 Å². The Balaban J connectivity index is 0.00000193. The van der Waals surface area contributed by atoms with Crippen LogP contribution in [-0.2, 0) is 26.2 Å². The van der Waals surface area contributed by atoms with E-state index >= 15 is 0 Å². The van der Waals surface area contributed by atoms with Crippen molar-refractivity contribution in [2.45, 2.75) is 80.3 Å². The maximum absolute atomic E-state index is 2.59. The summed E-state index contributed by atoms with van der Waals surface area (Å²) < 4.78 is 0. The molecule has 0 fully saturated rings. The molecule has 4 rings (SSSR count). The Morgan fingerprint density at radius 1 is 0.618 bits per heavy atom. The molecule has 0 amide bonds. The van der Waals surface area contributed by atoms with Gasteiger partial charge in [-0.15, -0.1) is 68.1 Å². The Morgan fingerprint density at radius 2 is 0.941 bits per heavy atom. The van der Waals surface area contributed by atoms with Crippen molar-refractivity contribution in [3.8, 4) is 0 Å². The summed E-state index contributed by atoms with van der Waals surface area (Å²) in [7, 11) is -1.97. The summed E-state index contributed by atoms with van der Waals surface area (Å²) in [4.78, 5) is 0. The molecule has 0 heterocycles. The van der Waals surface area contributed by atoms with E-state index in [0.29, 0.717) is 11.8 Å². The van der Waals surface area contributed by atoms with E-state index < -0.39 is 8.07 Å². The van der Waals surface area contributed by atoms with E-state index in [1.165, 1.54) is 44.2 Å². The van der Waals surface area contributed by atoms with E-state index in [4.69, 9.17) is 0 Å². The van der Waals surface area contributed by atoms with Gasteiger partial charge in [0, 0.05) is 8.07 Å². The van der Waals surface area contributed by atoms with Crippen molar-refractivity contribution in [1.82, 2.24) is 0 Å². The topological polar surface area (TPSA) is 0 Å². The minimum absolute atomic E-state index is 0. The Labute approximate surface area is 248 Å². The van der Waals surface area contributed by atoms with Crippen molar-refractivity contribution in [2.75, 3.05) is 0 Å². The molecule has 4 aromatic rings. The number of aryl methyl sites for hydroxylation is 4. The van der Waals surface area contributed by atoms with Gasteiger partial charge in [-0.3, -0.25) is 0 Å². The molecular weight excluding hydrogens is 639 g/mol. The molecule has 0 aromatic heterocycles. The maximum atomic E-state index is 2.59.